The van der Waals surface area contributed by atoms with Crippen LogP contribution in [0.15, 0.2) is 22.5 Å². The van der Waals surface area contributed by atoms with Gasteiger partial charge in [-0.3, -0.25) is 4.99 Å². The molecule has 23 heavy (non-hydrogen) atoms. The van der Waals surface area contributed by atoms with Crippen LogP contribution >= 0.6 is 11.3 Å². The van der Waals surface area contributed by atoms with E-state index in [1.165, 1.54) is 4.88 Å². The van der Waals surface area contributed by atoms with Gasteiger partial charge in [0.15, 0.2) is 5.96 Å². The lowest BCUT2D eigenvalue weighted by molar-refractivity contribution is 0.0888. The van der Waals surface area contributed by atoms with Crippen LogP contribution in [-0.4, -0.2) is 52.5 Å². The molecule has 1 aliphatic rings. The molecule has 6 heteroatoms. The fraction of sp³-hybridized carbons (Fsp3) is 0.706. The quantitative estimate of drug-likeness (QED) is 0.412. The molecule has 0 bridgehead atoms. The number of guanidine groups is 1. The van der Waals surface area contributed by atoms with Crippen LogP contribution in [0.4, 0.5) is 0 Å². The fourth-order valence-electron chi connectivity index (χ4n) is 2.49. The molecule has 2 heterocycles. The Morgan fingerprint density at radius 2 is 2.43 bits per heavy atom. The summed E-state index contributed by atoms with van der Waals surface area (Å²) in [5.41, 5.74) is 0. The van der Waals surface area contributed by atoms with Crippen molar-refractivity contribution in [3.8, 4) is 0 Å². The van der Waals surface area contributed by atoms with Gasteiger partial charge < -0.3 is 20.1 Å². The zero-order valence-corrected chi connectivity index (χ0v) is 15.0. The molecule has 0 aromatic carbocycles. The van der Waals surface area contributed by atoms with Gasteiger partial charge in [-0.1, -0.05) is 13.0 Å². The highest BCUT2D eigenvalue weighted by atomic mass is 32.1. The van der Waals surface area contributed by atoms with Crippen molar-refractivity contribution in [2.24, 2.45) is 10.9 Å². The molecule has 130 valence electrons. The van der Waals surface area contributed by atoms with E-state index in [2.05, 4.69) is 40.1 Å². The van der Waals surface area contributed by atoms with E-state index in [1.807, 2.05) is 7.05 Å². The molecule has 2 rings (SSSR count). The van der Waals surface area contributed by atoms with E-state index in [9.17, 15) is 0 Å². The van der Waals surface area contributed by atoms with Crippen molar-refractivity contribution in [1.29, 1.82) is 0 Å². The molecule has 1 fully saturated rings. The summed E-state index contributed by atoms with van der Waals surface area (Å²) in [5, 5.41) is 8.84. The minimum atomic E-state index is 0.491. The van der Waals surface area contributed by atoms with Gasteiger partial charge in [0.2, 0.25) is 0 Å². The van der Waals surface area contributed by atoms with Crippen LogP contribution in [0.5, 0.6) is 0 Å². The second kappa shape index (κ2) is 10.6. The van der Waals surface area contributed by atoms with Crippen molar-refractivity contribution in [3.05, 3.63) is 22.4 Å². The van der Waals surface area contributed by atoms with Crippen molar-refractivity contribution >= 4 is 17.3 Å². The van der Waals surface area contributed by atoms with Crippen molar-refractivity contribution in [3.63, 3.8) is 0 Å². The first kappa shape index (κ1) is 18.2. The van der Waals surface area contributed by atoms with Crippen molar-refractivity contribution < 1.29 is 9.47 Å². The Bertz CT molecular complexity index is 445. The Morgan fingerprint density at radius 1 is 1.52 bits per heavy atom. The molecular formula is C17H29N3O2S. The first-order chi connectivity index (χ1) is 11.3. The molecule has 0 aliphatic carbocycles. The summed E-state index contributed by atoms with van der Waals surface area (Å²) in [4.78, 5) is 5.66. The molecule has 5 nitrogen and oxygen atoms in total. The van der Waals surface area contributed by atoms with Crippen molar-refractivity contribution in [2.75, 3.05) is 46.6 Å². The van der Waals surface area contributed by atoms with E-state index >= 15 is 0 Å². The average Bonchev–Trinajstić information content (AvgIpc) is 3.26. The molecule has 2 unspecified atom stereocenters. The number of nitrogens with one attached hydrogen (secondary N) is 2. The molecule has 0 saturated carbocycles. The number of ether oxygens (including phenoxy) is 2. The number of nitrogens with zero attached hydrogens (tertiary/aromatic N) is 1. The number of rotatable bonds is 9. The number of hydrogen-bond acceptors (Lipinski definition) is 4. The third-order valence-corrected chi connectivity index (χ3v) is 5.07. The highest BCUT2D eigenvalue weighted by Gasteiger charge is 2.15. The summed E-state index contributed by atoms with van der Waals surface area (Å²) in [6.45, 7) is 7.34. The highest BCUT2D eigenvalue weighted by Crippen LogP contribution is 2.19. The maximum Gasteiger partial charge on any atom is 0.190 e. The molecule has 1 aromatic rings. The normalized spacial score (nSPS) is 19.7. The van der Waals surface area contributed by atoms with Crippen LogP contribution in [0.3, 0.4) is 0 Å². The maximum absolute atomic E-state index is 5.70. The van der Waals surface area contributed by atoms with Gasteiger partial charge in [-0.15, -0.1) is 11.3 Å². The highest BCUT2D eigenvalue weighted by molar-refractivity contribution is 7.10. The lowest BCUT2D eigenvalue weighted by atomic mass is 10.1. The van der Waals surface area contributed by atoms with Gasteiger partial charge >= 0.3 is 0 Å². The van der Waals surface area contributed by atoms with Crippen LogP contribution in [-0.2, 0) is 9.47 Å². The lowest BCUT2D eigenvalue weighted by Gasteiger charge is -2.15. The minimum absolute atomic E-state index is 0.491. The topological polar surface area (TPSA) is 54.9 Å². The summed E-state index contributed by atoms with van der Waals surface area (Å²) >= 11 is 1.80. The van der Waals surface area contributed by atoms with Gasteiger partial charge in [-0.25, -0.2) is 0 Å². The summed E-state index contributed by atoms with van der Waals surface area (Å²) in [6, 6.07) is 4.28. The average molecular weight is 340 g/mol. The van der Waals surface area contributed by atoms with Gasteiger partial charge in [-0.2, -0.15) is 0 Å². The molecule has 2 N–H and O–H groups in total. The molecule has 1 saturated heterocycles. The fourth-order valence-corrected chi connectivity index (χ4v) is 3.28. The van der Waals surface area contributed by atoms with Crippen molar-refractivity contribution in [1.82, 2.24) is 10.6 Å². The van der Waals surface area contributed by atoms with Crippen LogP contribution in [0.2, 0.25) is 0 Å². The zero-order chi connectivity index (χ0) is 16.3. The van der Waals surface area contributed by atoms with Gasteiger partial charge in [0.1, 0.15) is 0 Å². The van der Waals surface area contributed by atoms with E-state index in [0.29, 0.717) is 11.8 Å². The minimum Gasteiger partial charge on any atom is -0.381 e. The molecule has 1 aliphatic heterocycles. The van der Waals surface area contributed by atoms with Crippen molar-refractivity contribution in [2.45, 2.75) is 25.7 Å². The SMILES string of the molecule is CN=C(NCCCOCC1CCOC1)NCC(C)c1cccs1. The molecule has 1 aromatic heterocycles. The summed E-state index contributed by atoms with van der Waals surface area (Å²) in [6.07, 6.45) is 2.12. The molecule has 0 spiro atoms. The molecule has 0 radical (unpaired) electrons. The number of thiophene rings is 1. The second-order valence-corrected chi connectivity index (χ2v) is 6.93. The zero-order valence-electron chi connectivity index (χ0n) is 14.2. The largest absolute Gasteiger partial charge is 0.381 e. The van der Waals surface area contributed by atoms with Crippen LogP contribution in [0.25, 0.3) is 0 Å². The third kappa shape index (κ3) is 6.89. The third-order valence-electron chi connectivity index (χ3n) is 3.96. The van der Waals surface area contributed by atoms with Crippen LogP contribution in [0, 0.1) is 5.92 Å². The predicted molar refractivity (Wildman–Crippen MR) is 96.5 cm³/mol. The maximum atomic E-state index is 5.70. The Morgan fingerprint density at radius 3 is 3.13 bits per heavy atom. The van der Waals surface area contributed by atoms with E-state index in [-0.39, 0.29) is 0 Å². The Hall–Kier alpha value is -1.11. The van der Waals surface area contributed by atoms with E-state index in [1.54, 1.807) is 11.3 Å². The van der Waals surface area contributed by atoms with E-state index in [0.717, 1.165) is 58.3 Å². The lowest BCUT2D eigenvalue weighted by Crippen LogP contribution is -2.39. The second-order valence-electron chi connectivity index (χ2n) is 5.95. The smallest absolute Gasteiger partial charge is 0.190 e. The van der Waals surface area contributed by atoms with Gasteiger partial charge in [0.05, 0.1) is 13.2 Å². The Kier molecular flexibility index (Phi) is 8.42. The Labute approximate surface area is 143 Å². The summed E-state index contributed by atoms with van der Waals surface area (Å²) < 4.78 is 11.0. The predicted octanol–water partition coefficient (Wildman–Crippen LogP) is 2.46. The monoisotopic (exact) mass is 339 g/mol. The standard InChI is InChI=1S/C17H29N3O2S/c1-14(16-5-3-10-23-16)11-20-17(18-2)19-7-4-8-21-12-15-6-9-22-13-15/h3,5,10,14-15H,4,6-9,11-13H2,1-2H3,(H2,18,19,20). The Balaban J connectivity index is 1.51. The van der Waals surface area contributed by atoms with Gasteiger partial charge in [0.25, 0.3) is 0 Å². The molecular weight excluding hydrogens is 310 g/mol. The summed E-state index contributed by atoms with van der Waals surface area (Å²) in [5.74, 6) is 1.94. The van der Waals surface area contributed by atoms with Crippen LogP contribution in [0.1, 0.15) is 30.6 Å². The van der Waals surface area contributed by atoms with E-state index < -0.39 is 0 Å². The molecule has 0 amide bonds. The number of aliphatic imine (C=N–C) groups is 1. The number of hydrogen-bond donors (Lipinski definition) is 2. The molecule has 2 atom stereocenters. The van der Waals surface area contributed by atoms with Crippen LogP contribution < -0.4 is 10.6 Å². The van der Waals surface area contributed by atoms with E-state index in [4.69, 9.17) is 9.47 Å². The first-order valence-corrected chi connectivity index (χ1v) is 9.31. The van der Waals surface area contributed by atoms with Gasteiger partial charge in [0, 0.05) is 50.1 Å². The first-order valence-electron chi connectivity index (χ1n) is 8.43. The van der Waals surface area contributed by atoms with Gasteiger partial charge in [-0.05, 0) is 24.3 Å². The summed E-state index contributed by atoms with van der Waals surface area (Å²) in [7, 11) is 1.81.